The number of aromatic nitrogens is 2. The maximum Gasteiger partial charge on any atom is 0.252 e. The number of aryl methyl sites for hydroxylation is 1. The molecule has 2 unspecified atom stereocenters. The molecule has 0 spiro atoms. The van der Waals surface area contributed by atoms with E-state index < -0.39 is 30.8 Å². The molecule has 0 fully saturated rings. The third-order valence-corrected chi connectivity index (χ3v) is 7.72. The molecule has 1 heterocycles. The average Bonchev–Trinajstić information content (AvgIpc) is 3.45. The number of ether oxygens (including phenoxy) is 1. The molecule has 39 heavy (non-hydrogen) atoms. The lowest BCUT2D eigenvalue weighted by Gasteiger charge is -2.37. The number of benzene rings is 2. The number of nitrogens with zero attached hydrogens (tertiary/aromatic N) is 2. The van der Waals surface area contributed by atoms with Gasteiger partial charge in [0.2, 0.25) is 0 Å². The Morgan fingerprint density at radius 1 is 1.10 bits per heavy atom. The maximum atomic E-state index is 9.56. The molecule has 2 aromatic carbocycles. The summed E-state index contributed by atoms with van der Waals surface area (Å²) in [5.41, 5.74) is 2.13. The monoisotopic (exact) mass is 555 g/mol. The second-order valence-electron chi connectivity index (χ2n) is 9.89. The highest BCUT2D eigenvalue weighted by molar-refractivity contribution is 6.32. The van der Waals surface area contributed by atoms with Crippen LogP contribution in [0, 0.1) is 12.8 Å². The fraction of sp³-hybridized carbons (Fsp3) is 0.379. The van der Waals surface area contributed by atoms with Gasteiger partial charge in [-0.1, -0.05) is 72.2 Å². The van der Waals surface area contributed by atoms with Crippen LogP contribution >= 0.6 is 11.6 Å². The molecule has 10 heteroatoms. The molecule has 208 valence electrons. The van der Waals surface area contributed by atoms with E-state index in [2.05, 4.69) is 47.5 Å². The number of aliphatic hydroxyl groups excluding tert-OH is 4. The van der Waals surface area contributed by atoms with Gasteiger partial charge in [-0.05, 0) is 41.3 Å². The molecule has 1 aliphatic rings. The van der Waals surface area contributed by atoms with E-state index in [4.69, 9.17) is 20.9 Å². The van der Waals surface area contributed by atoms with Gasteiger partial charge in [0.25, 0.3) is 5.89 Å². The van der Waals surface area contributed by atoms with Crippen molar-refractivity contribution in [1.29, 1.82) is 0 Å². The predicted molar refractivity (Wildman–Crippen MR) is 147 cm³/mol. The number of nitrogens with one attached hydrogen (secondary N) is 1. The van der Waals surface area contributed by atoms with Crippen LogP contribution in [0.1, 0.15) is 35.3 Å². The third kappa shape index (κ3) is 5.94. The molecule has 5 N–H and O–H groups in total. The molecule has 2 atom stereocenters. The number of allylic oxidation sites excluding steroid dienone is 3. The van der Waals surface area contributed by atoms with Crippen molar-refractivity contribution in [3.8, 4) is 5.75 Å². The van der Waals surface area contributed by atoms with Crippen molar-refractivity contribution in [3.05, 3.63) is 94.1 Å². The number of aliphatic hydroxyl groups is 4. The van der Waals surface area contributed by atoms with Crippen molar-refractivity contribution >= 4 is 17.2 Å². The van der Waals surface area contributed by atoms with E-state index in [9.17, 15) is 20.4 Å². The second kappa shape index (κ2) is 12.4. The molecule has 9 nitrogen and oxygen atoms in total. The highest BCUT2D eigenvalue weighted by atomic mass is 35.5. The molecule has 4 rings (SSSR count). The number of halogens is 1. The normalized spacial score (nSPS) is 19.3. The molecule has 0 saturated heterocycles. The zero-order valence-corrected chi connectivity index (χ0v) is 22.7. The largest absolute Gasteiger partial charge is 0.491 e. The van der Waals surface area contributed by atoms with E-state index >= 15 is 0 Å². The highest BCUT2D eigenvalue weighted by Crippen LogP contribution is 2.44. The fourth-order valence-electron chi connectivity index (χ4n) is 4.70. The Hall–Kier alpha value is -3.05. The van der Waals surface area contributed by atoms with Crippen LogP contribution in [0.4, 0.5) is 0 Å². The number of hydrogen-bond acceptors (Lipinski definition) is 9. The Morgan fingerprint density at radius 3 is 2.49 bits per heavy atom. The Morgan fingerprint density at radius 2 is 1.85 bits per heavy atom. The third-order valence-electron chi connectivity index (χ3n) is 7.42. The van der Waals surface area contributed by atoms with Crippen molar-refractivity contribution in [2.24, 2.45) is 5.92 Å². The first-order chi connectivity index (χ1) is 18.8. The first kappa shape index (κ1) is 28.9. The number of rotatable bonds is 12. The molecular weight excluding hydrogens is 522 g/mol. The van der Waals surface area contributed by atoms with Crippen LogP contribution in [0.2, 0.25) is 5.02 Å². The quantitative estimate of drug-likeness (QED) is 0.228. The van der Waals surface area contributed by atoms with Crippen LogP contribution in [0.15, 0.2) is 65.2 Å². The highest BCUT2D eigenvalue weighted by Gasteiger charge is 2.44. The van der Waals surface area contributed by atoms with Crippen molar-refractivity contribution in [1.82, 2.24) is 15.5 Å². The van der Waals surface area contributed by atoms with E-state index in [0.717, 1.165) is 22.3 Å². The Balaban J connectivity index is 1.60. The van der Waals surface area contributed by atoms with Gasteiger partial charge in [0.1, 0.15) is 19.0 Å². The van der Waals surface area contributed by atoms with Crippen LogP contribution < -0.4 is 10.1 Å². The fourth-order valence-corrected chi connectivity index (χ4v) is 4.96. The summed E-state index contributed by atoms with van der Waals surface area (Å²) in [7, 11) is 0. The van der Waals surface area contributed by atoms with Gasteiger partial charge in [-0.25, -0.2) is 0 Å². The van der Waals surface area contributed by atoms with Gasteiger partial charge in [0.05, 0.1) is 35.8 Å². The minimum Gasteiger partial charge on any atom is -0.491 e. The van der Waals surface area contributed by atoms with E-state index in [1.807, 2.05) is 30.4 Å². The minimum atomic E-state index is -1.20. The zero-order chi connectivity index (χ0) is 28.0. The van der Waals surface area contributed by atoms with Crippen molar-refractivity contribution in [2.75, 3.05) is 26.4 Å². The van der Waals surface area contributed by atoms with Gasteiger partial charge in [-0.2, -0.15) is 4.98 Å². The van der Waals surface area contributed by atoms with Crippen molar-refractivity contribution in [3.63, 3.8) is 0 Å². The maximum absolute atomic E-state index is 9.56. The molecule has 0 bridgehead atoms. The first-order valence-corrected chi connectivity index (χ1v) is 13.1. The van der Waals surface area contributed by atoms with Crippen LogP contribution in [0.25, 0.3) is 5.57 Å². The lowest BCUT2D eigenvalue weighted by atomic mass is 9.68. The smallest absolute Gasteiger partial charge is 0.252 e. The lowest BCUT2D eigenvalue weighted by molar-refractivity contribution is 0.0414. The van der Waals surface area contributed by atoms with Gasteiger partial charge in [-0.3, -0.25) is 0 Å². The van der Waals surface area contributed by atoms with Gasteiger partial charge < -0.3 is 35.0 Å². The number of hydrogen-bond donors (Lipinski definition) is 5. The van der Waals surface area contributed by atoms with Crippen molar-refractivity contribution < 1.29 is 29.7 Å². The summed E-state index contributed by atoms with van der Waals surface area (Å²) in [5.74, 6) is 0.867. The van der Waals surface area contributed by atoms with E-state index in [1.165, 1.54) is 0 Å². The van der Waals surface area contributed by atoms with E-state index in [0.29, 0.717) is 16.6 Å². The first-order valence-electron chi connectivity index (χ1n) is 12.7. The molecule has 0 saturated carbocycles. The molecule has 0 amide bonds. The van der Waals surface area contributed by atoms with Gasteiger partial charge in [0, 0.05) is 12.5 Å². The van der Waals surface area contributed by atoms with Crippen LogP contribution in [-0.2, 0) is 18.6 Å². The van der Waals surface area contributed by atoms with Crippen LogP contribution in [0.3, 0.4) is 0 Å². The minimum absolute atomic E-state index is 0.112. The molecular formula is C29H34ClN3O6. The zero-order valence-electron chi connectivity index (χ0n) is 22.0. The summed E-state index contributed by atoms with van der Waals surface area (Å²) >= 11 is 6.59. The van der Waals surface area contributed by atoms with Crippen molar-refractivity contribution in [2.45, 2.75) is 38.0 Å². The SMILES string of the molecule is Cc1ccccc1C1=CC=CC(COc2ccc(CNC(CO)(CO)CO)cc2Cl)(c2noc(CO)n2)C1C. The Bertz CT molecular complexity index is 1330. The summed E-state index contributed by atoms with van der Waals surface area (Å²) in [5, 5.41) is 45.7. The summed E-state index contributed by atoms with van der Waals surface area (Å²) in [6, 6.07) is 13.5. The second-order valence-corrected chi connectivity index (χ2v) is 10.3. The van der Waals surface area contributed by atoms with Gasteiger partial charge in [-0.15, -0.1) is 0 Å². The summed E-state index contributed by atoms with van der Waals surface area (Å²) < 4.78 is 11.6. The Labute approximate surface area is 232 Å². The summed E-state index contributed by atoms with van der Waals surface area (Å²) in [4.78, 5) is 4.46. The van der Waals surface area contributed by atoms with E-state index in [1.54, 1.807) is 12.1 Å². The predicted octanol–water partition coefficient (Wildman–Crippen LogP) is 2.94. The van der Waals surface area contributed by atoms with Gasteiger partial charge in [0.15, 0.2) is 5.82 Å². The summed E-state index contributed by atoms with van der Waals surface area (Å²) in [6.07, 6.45) is 6.04. The summed E-state index contributed by atoms with van der Waals surface area (Å²) in [6.45, 7) is 2.95. The standard InChI is InChI=1S/C29H34ClN3O6/c1-19-6-3-4-7-22(19)23-8-5-11-29(20(23)2,27-32-26(14-34)39-33-27)18-38-25-10-9-21(12-24(25)30)13-31-28(15-35,16-36)17-37/h3-12,20,31,34-37H,13-18H2,1-2H3. The van der Waals surface area contributed by atoms with Crippen LogP contribution in [-0.4, -0.2) is 62.5 Å². The average molecular weight is 556 g/mol. The van der Waals surface area contributed by atoms with Gasteiger partial charge >= 0.3 is 0 Å². The Kier molecular flexibility index (Phi) is 9.22. The van der Waals surface area contributed by atoms with E-state index in [-0.39, 0.29) is 31.6 Å². The topological polar surface area (TPSA) is 141 Å². The molecule has 3 aromatic rings. The molecule has 1 aliphatic carbocycles. The van der Waals surface area contributed by atoms with Crippen LogP contribution in [0.5, 0.6) is 5.75 Å². The molecule has 0 aliphatic heterocycles. The molecule has 1 aromatic heterocycles. The lowest BCUT2D eigenvalue weighted by Crippen LogP contribution is -2.54. The molecule has 0 radical (unpaired) electrons.